The summed E-state index contributed by atoms with van der Waals surface area (Å²) < 4.78 is 0. The van der Waals surface area contributed by atoms with Crippen molar-refractivity contribution in [3.63, 3.8) is 0 Å². The minimum atomic E-state index is 0.500. The van der Waals surface area contributed by atoms with E-state index in [1.165, 1.54) is 37.1 Å². The Hall–Kier alpha value is -0.730. The monoisotopic (exact) mass is 294 g/mol. The summed E-state index contributed by atoms with van der Waals surface area (Å²) in [4.78, 5) is 2.49. The zero-order valence-corrected chi connectivity index (χ0v) is 13.7. The van der Waals surface area contributed by atoms with Gasteiger partial charge in [-0.15, -0.1) is 0 Å². The molecule has 0 radical (unpaired) electrons. The molecule has 0 amide bonds. The van der Waals surface area contributed by atoms with Crippen molar-refractivity contribution < 1.29 is 0 Å². The number of anilines is 1. The number of hydrogen-bond donors (Lipinski definition) is 1. The first-order chi connectivity index (χ1) is 9.60. The Morgan fingerprint density at radius 3 is 2.65 bits per heavy atom. The lowest BCUT2D eigenvalue weighted by Gasteiger charge is -2.34. The molecule has 0 spiro atoms. The molecular formula is C17H27ClN2. The van der Waals surface area contributed by atoms with Gasteiger partial charge in [-0.3, -0.25) is 0 Å². The van der Waals surface area contributed by atoms with Crippen LogP contribution >= 0.6 is 11.6 Å². The van der Waals surface area contributed by atoms with Gasteiger partial charge in [0, 0.05) is 36.4 Å². The number of nitrogens with one attached hydrogen (secondary N) is 1. The summed E-state index contributed by atoms with van der Waals surface area (Å²) in [7, 11) is 0. The molecule has 1 fully saturated rings. The maximum absolute atomic E-state index is 6.22. The summed E-state index contributed by atoms with van der Waals surface area (Å²) in [5.74, 6) is 0.875. The van der Waals surface area contributed by atoms with E-state index >= 15 is 0 Å². The average Bonchev–Trinajstić information content (AvgIpc) is 2.36. The largest absolute Gasteiger partial charge is 0.371 e. The molecule has 1 aliphatic rings. The highest BCUT2D eigenvalue weighted by Gasteiger charge is 2.21. The van der Waals surface area contributed by atoms with Crippen molar-refractivity contribution in [1.82, 2.24) is 5.32 Å². The van der Waals surface area contributed by atoms with Crippen LogP contribution in [0.15, 0.2) is 18.2 Å². The second kappa shape index (κ2) is 7.33. The fourth-order valence-electron chi connectivity index (χ4n) is 2.68. The topological polar surface area (TPSA) is 15.3 Å². The van der Waals surface area contributed by atoms with Crippen LogP contribution in [0.4, 0.5) is 5.69 Å². The SMILES string of the molecule is CCN(CC1CCC1)c1cc(Cl)ccc1CNC(C)C. The first kappa shape index (κ1) is 15.7. The molecule has 0 heterocycles. The number of halogens is 1. The highest BCUT2D eigenvalue weighted by atomic mass is 35.5. The summed E-state index contributed by atoms with van der Waals surface area (Å²) in [6, 6.07) is 6.79. The molecule has 2 nitrogen and oxygen atoms in total. The van der Waals surface area contributed by atoms with Crippen molar-refractivity contribution in [1.29, 1.82) is 0 Å². The number of nitrogens with zero attached hydrogens (tertiary/aromatic N) is 1. The summed E-state index contributed by atoms with van der Waals surface area (Å²) in [6.45, 7) is 9.73. The zero-order valence-electron chi connectivity index (χ0n) is 13.0. The molecule has 0 atom stereocenters. The van der Waals surface area contributed by atoms with Gasteiger partial charge in [-0.1, -0.05) is 37.9 Å². The summed E-state index contributed by atoms with van der Waals surface area (Å²) in [5, 5.41) is 4.35. The Morgan fingerprint density at radius 1 is 1.35 bits per heavy atom. The van der Waals surface area contributed by atoms with Crippen molar-refractivity contribution in [3.8, 4) is 0 Å². The molecule has 1 N–H and O–H groups in total. The van der Waals surface area contributed by atoms with Gasteiger partial charge in [-0.05, 0) is 43.4 Å². The van der Waals surface area contributed by atoms with Gasteiger partial charge >= 0.3 is 0 Å². The van der Waals surface area contributed by atoms with Crippen LogP contribution in [0.1, 0.15) is 45.6 Å². The first-order valence-electron chi connectivity index (χ1n) is 7.87. The van der Waals surface area contributed by atoms with Crippen molar-refractivity contribution >= 4 is 17.3 Å². The molecule has 20 heavy (non-hydrogen) atoms. The third-order valence-electron chi connectivity index (χ3n) is 4.17. The van der Waals surface area contributed by atoms with Gasteiger partial charge in [-0.2, -0.15) is 0 Å². The van der Waals surface area contributed by atoms with Crippen LogP contribution in [-0.4, -0.2) is 19.1 Å². The Labute approximate surface area is 128 Å². The van der Waals surface area contributed by atoms with Crippen LogP contribution in [-0.2, 0) is 6.54 Å². The maximum Gasteiger partial charge on any atom is 0.0426 e. The van der Waals surface area contributed by atoms with Gasteiger partial charge < -0.3 is 10.2 Å². The smallest absolute Gasteiger partial charge is 0.0426 e. The molecule has 2 rings (SSSR count). The van der Waals surface area contributed by atoms with Crippen molar-refractivity contribution in [2.24, 2.45) is 5.92 Å². The lowest BCUT2D eigenvalue weighted by atomic mass is 9.85. The van der Waals surface area contributed by atoms with Crippen LogP contribution < -0.4 is 10.2 Å². The minimum absolute atomic E-state index is 0.500. The fourth-order valence-corrected chi connectivity index (χ4v) is 2.85. The standard InChI is InChI=1S/C17H27ClN2/c1-4-20(12-14-6-5-7-14)17-10-16(18)9-8-15(17)11-19-13(2)3/h8-10,13-14,19H,4-7,11-12H2,1-3H3. The highest BCUT2D eigenvalue weighted by Crippen LogP contribution is 2.31. The van der Waals surface area contributed by atoms with E-state index in [0.717, 1.165) is 24.0 Å². The van der Waals surface area contributed by atoms with Crippen molar-refractivity contribution in [3.05, 3.63) is 28.8 Å². The summed E-state index contributed by atoms with van der Waals surface area (Å²) in [6.07, 6.45) is 4.17. The molecule has 0 saturated heterocycles. The summed E-state index contributed by atoms with van der Waals surface area (Å²) >= 11 is 6.22. The third-order valence-corrected chi connectivity index (χ3v) is 4.41. The van der Waals surface area contributed by atoms with E-state index in [0.29, 0.717) is 6.04 Å². The van der Waals surface area contributed by atoms with Gasteiger partial charge in [0.2, 0.25) is 0 Å². The normalized spacial score (nSPS) is 15.4. The first-order valence-corrected chi connectivity index (χ1v) is 8.24. The third kappa shape index (κ3) is 4.13. The molecule has 1 aromatic rings. The van der Waals surface area contributed by atoms with Crippen LogP contribution in [0.2, 0.25) is 5.02 Å². The van der Waals surface area contributed by atoms with E-state index in [-0.39, 0.29) is 0 Å². The molecule has 0 bridgehead atoms. The average molecular weight is 295 g/mol. The van der Waals surface area contributed by atoms with Crippen LogP contribution in [0.3, 0.4) is 0 Å². The predicted molar refractivity (Wildman–Crippen MR) is 88.7 cm³/mol. The zero-order chi connectivity index (χ0) is 14.5. The lowest BCUT2D eigenvalue weighted by molar-refractivity contribution is 0.318. The van der Waals surface area contributed by atoms with Gasteiger partial charge in [0.1, 0.15) is 0 Å². The van der Waals surface area contributed by atoms with Gasteiger partial charge in [0.25, 0.3) is 0 Å². The molecule has 3 heteroatoms. The highest BCUT2D eigenvalue weighted by molar-refractivity contribution is 6.30. The molecule has 0 aliphatic heterocycles. The molecular weight excluding hydrogens is 268 g/mol. The minimum Gasteiger partial charge on any atom is -0.371 e. The van der Waals surface area contributed by atoms with Crippen LogP contribution in [0.5, 0.6) is 0 Å². The van der Waals surface area contributed by atoms with Crippen LogP contribution in [0, 0.1) is 5.92 Å². The van der Waals surface area contributed by atoms with E-state index in [2.05, 4.69) is 43.1 Å². The second-order valence-electron chi connectivity index (χ2n) is 6.14. The van der Waals surface area contributed by atoms with E-state index in [9.17, 15) is 0 Å². The fraction of sp³-hybridized carbons (Fsp3) is 0.647. The maximum atomic E-state index is 6.22. The quantitative estimate of drug-likeness (QED) is 0.798. The van der Waals surface area contributed by atoms with E-state index in [4.69, 9.17) is 11.6 Å². The van der Waals surface area contributed by atoms with E-state index in [1.807, 2.05) is 6.07 Å². The second-order valence-corrected chi connectivity index (χ2v) is 6.58. The number of hydrogen-bond acceptors (Lipinski definition) is 2. The molecule has 1 aromatic carbocycles. The molecule has 1 saturated carbocycles. The van der Waals surface area contributed by atoms with Crippen LogP contribution in [0.25, 0.3) is 0 Å². The summed E-state index contributed by atoms with van der Waals surface area (Å²) in [5.41, 5.74) is 2.66. The Morgan fingerprint density at radius 2 is 2.10 bits per heavy atom. The van der Waals surface area contributed by atoms with Gasteiger partial charge in [-0.25, -0.2) is 0 Å². The van der Waals surface area contributed by atoms with E-state index < -0.39 is 0 Å². The molecule has 0 unspecified atom stereocenters. The predicted octanol–water partition coefficient (Wildman–Crippen LogP) is 4.46. The number of rotatable bonds is 7. The van der Waals surface area contributed by atoms with Gasteiger partial charge in [0.05, 0.1) is 0 Å². The molecule has 112 valence electrons. The molecule has 1 aliphatic carbocycles. The van der Waals surface area contributed by atoms with E-state index in [1.54, 1.807) is 0 Å². The Balaban J connectivity index is 2.14. The molecule has 0 aromatic heterocycles. The Bertz CT molecular complexity index is 427. The van der Waals surface area contributed by atoms with Gasteiger partial charge in [0.15, 0.2) is 0 Å². The number of benzene rings is 1. The van der Waals surface area contributed by atoms with Crippen molar-refractivity contribution in [2.75, 3.05) is 18.0 Å². The van der Waals surface area contributed by atoms with Crippen molar-refractivity contribution in [2.45, 2.75) is 52.6 Å². The Kier molecular flexibility index (Phi) is 5.74. The lowest BCUT2D eigenvalue weighted by Crippen LogP contribution is -2.33.